The summed E-state index contributed by atoms with van der Waals surface area (Å²) in [5.74, 6) is 1.21. The summed E-state index contributed by atoms with van der Waals surface area (Å²) in [6, 6.07) is 8.66. The van der Waals surface area contributed by atoms with Crippen LogP contribution in [-0.2, 0) is 6.54 Å². The highest BCUT2D eigenvalue weighted by Gasteiger charge is 2.00. The summed E-state index contributed by atoms with van der Waals surface area (Å²) in [4.78, 5) is 1.43. The molecule has 0 unspecified atom stereocenters. The number of hydrogen-bond donors (Lipinski definition) is 1. The van der Waals surface area contributed by atoms with Crippen LogP contribution < -0.4 is 5.32 Å². The number of benzene rings is 1. The summed E-state index contributed by atoms with van der Waals surface area (Å²) < 4.78 is 0. The van der Waals surface area contributed by atoms with Gasteiger partial charge in [0.1, 0.15) is 0 Å². The summed E-state index contributed by atoms with van der Waals surface area (Å²) >= 11 is 1.96. The van der Waals surface area contributed by atoms with Crippen LogP contribution in [0.2, 0.25) is 0 Å². The molecule has 1 aromatic carbocycles. The maximum atomic E-state index is 3.37. The topological polar surface area (TPSA) is 12.0 Å². The van der Waals surface area contributed by atoms with Crippen LogP contribution in [0, 0.1) is 0 Å². The van der Waals surface area contributed by atoms with E-state index in [4.69, 9.17) is 0 Å². The molecule has 0 aromatic heterocycles. The van der Waals surface area contributed by atoms with Gasteiger partial charge in [-0.05, 0) is 30.3 Å². The van der Waals surface area contributed by atoms with E-state index in [1.54, 1.807) is 0 Å². The molecule has 1 nitrogen and oxygen atoms in total. The van der Waals surface area contributed by atoms with Gasteiger partial charge in [-0.3, -0.25) is 0 Å². The van der Waals surface area contributed by atoms with E-state index in [9.17, 15) is 0 Å². The second kappa shape index (κ2) is 6.91. The third-order valence-corrected chi connectivity index (χ3v) is 3.32. The minimum absolute atomic E-state index is 0.989. The Bertz CT molecular complexity index is 233. The van der Waals surface area contributed by atoms with Gasteiger partial charge in [0.25, 0.3) is 0 Å². The predicted molar refractivity (Wildman–Crippen MR) is 64.8 cm³/mol. The minimum Gasteiger partial charge on any atom is -0.313 e. The van der Waals surface area contributed by atoms with E-state index in [0.717, 1.165) is 13.1 Å². The highest BCUT2D eigenvalue weighted by atomic mass is 32.2. The molecule has 0 aliphatic heterocycles. The van der Waals surface area contributed by atoms with Gasteiger partial charge in [0.05, 0.1) is 0 Å². The van der Waals surface area contributed by atoms with Gasteiger partial charge in [-0.25, -0.2) is 0 Å². The smallest absolute Gasteiger partial charge is 0.0216 e. The minimum atomic E-state index is 0.989. The lowest BCUT2D eigenvalue weighted by Crippen LogP contribution is -2.12. The van der Waals surface area contributed by atoms with E-state index < -0.39 is 0 Å². The molecule has 0 radical (unpaired) electrons. The van der Waals surface area contributed by atoms with Crippen molar-refractivity contribution in [1.29, 1.82) is 0 Å². The Morgan fingerprint density at radius 1 is 1.21 bits per heavy atom. The molecule has 1 rings (SSSR count). The molecule has 1 aromatic rings. The molecule has 0 amide bonds. The molecule has 78 valence electrons. The van der Waals surface area contributed by atoms with E-state index in [1.807, 2.05) is 11.8 Å². The molecule has 0 bridgehead atoms. The maximum Gasteiger partial charge on any atom is 0.0216 e. The van der Waals surface area contributed by atoms with E-state index in [0.29, 0.717) is 0 Å². The number of thioether (sulfide) groups is 1. The highest BCUT2D eigenvalue weighted by Crippen LogP contribution is 2.22. The second-order valence-electron chi connectivity index (χ2n) is 3.24. The van der Waals surface area contributed by atoms with Crippen molar-refractivity contribution in [1.82, 2.24) is 5.32 Å². The van der Waals surface area contributed by atoms with Gasteiger partial charge < -0.3 is 5.32 Å². The Balaban J connectivity index is 2.60. The Hall–Kier alpha value is -0.470. The Morgan fingerprint density at radius 3 is 2.71 bits per heavy atom. The summed E-state index contributed by atoms with van der Waals surface area (Å²) in [5.41, 5.74) is 1.42. The largest absolute Gasteiger partial charge is 0.313 e. The lowest BCUT2D eigenvalue weighted by Gasteiger charge is -2.08. The first kappa shape index (κ1) is 11.6. The Labute approximate surface area is 91.3 Å². The molecule has 0 spiro atoms. The van der Waals surface area contributed by atoms with Crippen LogP contribution in [0.5, 0.6) is 0 Å². The standard InChI is InChI=1S/C12H19NS/c1-3-9-14-12-8-6-5-7-11(12)10-13-4-2/h5-8,13H,3-4,9-10H2,1-2H3. The van der Waals surface area contributed by atoms with Crippen molar-refractivity contribution in [2.24, 2.45) is 0 Å². The zero-order valence-electron chi connectivity index (χ0n) is 9.05. The van der Waals surface area contributed by atoms with Gasteiger partial charge in [0, 0.05) is 11.4 Å². The van der Waals surface area contributed by atoms with Crippen LogP contribution in [0.4, 0.5) is 0 Å². The second-order valence-corrected chi connectivity index (χ2v) is 4.37. The van der Waals surface area contributed by atoms with Crippen LogP contribution in [0.25, 0.3) is 0 Å². The van der Waals surface area contributed by atoms with E-state index >= 15 is 0 Å². The predicted octanol–water partition coefficient (Wildman–Crippen LogP) is 3.30. The molecule has 14 heavy (non-hydrogen) atoms. The van der Waals surface area contributed by atoms with Crippen LogP contribution in [0.15, 0.2) is 29.2 Å². The lowest BCUT2D eigenvalue weighted by molar-refractivity contribution is 0.718. The highest BCUT2D eigenvalue weighted by molar-refractivity contribution is 7.99. The monoisotopic (exact) mass is 209 g/mol. The first-order valence-corrected chi connectivity index (χ1v) is 6.28. The zero-order valence-corrected chi connectivity index (χ0v) is 9.86. The van der Waals surface area contributed by atoms with E-state index in [2.05, 4.69) is 43.4 Å². The summed E-state index contributed by atoms with van der Waals surface area (Å²) in [5, 5.41) is 3.37. The van der Waals surface area contributed by atoms with Crippen molar-refractivity contribution in [3.05, 3.63) is 29.8 Å². The van der Waals surface area contributed by atoms with Crippen molar-refractivity contribution in [2.45, 2.75) is 31.7 Å². The fourth-order valence-electron chi connectivity index (χ4n) is 1.26. The molecule has 0 saturated heterocycles. The molecule has 0 aliphatic carbocycles. The van der Waals surface area contributed by atoms with Gasteiger partial charge in [-0.2, -0.15) is 0 Å². The van der Waals surface area contributed by atoms with E-state index in [-0.39, 0.29) is 0 Å². The first-order chi connectivity index (χ1) is 6.88. The van der Waals surface area contributed by atoms with Crippen molar-refractivity contribution in [3.63, 3.8) is 0 Å². The molecule has 2 heteroatoms. The molecule has 0 aliphatic rings. The fraction of sp³-hybridized carbons (Fsp3) is 0.500. The quantitative estimate of drug-likeness (QED) is 0.721. The molecule has 0 heterocycles. The molecular formula is C12H19NS. The third-order valence-electron chi connectivity index (χ3n) is 2.00. The van der Waals surface area contributed by atoms with Crippen molar-refractivity contribution < 1.29 is 0 Å². The average molecular weight is 209 g/mol. The summed E-state index contributed by atoms with van der Waals surface area (Å²) in [7, 11) is 0. The SMILES string of the molecule is CCCSc1ccccc1CNCC. The van der Waals surface area contributed by atoms with Crippen molar-refractivity contribution in [3.8, 4) is 0 Å². The van der Waals surface area contributed by atoms with Crippen LogP contribution in [-0.4, -0.2) is 12.3 Å². The van der Waals surface area contributed by atoms with Gasteiger partial charge >= 0.3 is 0 Å². The number of rotatable bonds is 6. The molecule has 0 saturated carbocycles. The molecule has 0 atom stereocenters. The van der Waals surface area contributed by atoms with Gasteiger partial charge in [-0.15, -0.1) is 11.8 Å². The lowest BCUT2D eigenvalue weighted by atomic mass is 10.2. The summed E-state index contributed by atoms with van der Waals surface area (Å²) in [6.45, 7) is 6.39. The first-order valence-electron chi connectivity index (χ1n) is 5.30. The fourth-order valence-corrected chi connectivity index (χ4v) is 2.19. The van der Waals surface area contributed by atoms with Crippen LogP contribution in [0.3, 0.4) is 0 Å². The third kappa shape index (κ3) is 3.72. The average Bonchev–Trinajstić information content (AvgIpc) is 2.24. The summed E-state index contributed by atoms with van der Waals surface area (Å²) in [6.07, 6.45) is 1.24. The molecule has 0 fully saturated rings. The Kier molecular flexibility index (Phi) is 5.72. The van der Waals surface area contributed by atoms with Crippen LogP contribution >= 0.6 is 11.8 Å². The van der Waals surface area contributed by atoms with Crippen molar-refractivity contribution >= 4 is 11.8 Å². The van der Waals surface area contributed by atoms with Gasteiger partial charge in [0.15, 0.2) is 0 Å². The van der Waals surface area contributed by atoms with E-state index in [1.165, 1.54) is 22.6 Å². The molecule has 1 N–H and O–H groups in total. The molecular weight excluding hydrogens is 190 g/mol. The number of hydrogen-bond acceptors (Lipinski definition) is 2. The van der Waals surface area contributed by atoms with Gasteiger partial charge in [-0.1, -0.05) is 32.0 Å². The van der Waals surface area contributed by atoms with Gasteiger partial charge in [0.2, 0.25) is 0 Å². The zero-order chi connectivity index (χ0) is 10.2. The Morgan fingerprint density at radius 2 is 2.00 bits per heavy atom. The van der Waals surface area contributed by atoms with Crippen molar-refractivity contribution in [2.75, 3.05) is 12.3 Å². The van der Waals surface area contributed by atoms with Crippen LogP contribution in [0.1, 0.15) is 25.8 Å². The number of nitrogens with one attached hydrogen (secondary N) is 1. The maximum absolute atomic E-state index is 3.37. The normalized spacial score (nSPS) is 10.4.